The Balaban J connectivity index is 1.72. The Morgan fingerprint density at radius 3 is 2.59 bits per heavy atom. The molecule has 5 nitrogen and oxygen atoms in total. The molecule has 1 fully saturated rings. The number of halogens is 1. The summed E-state index contributed by atoms with van der Waals surface area (Å²) in [5, 5.41) is 0.611. The highest BCUT2D eigenvalue weighted by Gasteiger charge is 2.18. The van der Waals surface area contributed by atoms with E-state index >= 15 is 0 Å². The number of carbonyl (C=O) groups excluding carboxylic acids is 2. The number of piperidine rings is 1. The maximum atomic E-state index is 11.9. The van der Waals surface area contributed by atoms with E-state index in [4.69, 9.17) is 21.1 Å². The quantitative estimate of drug-likeness (QED) is 0.781. The minimum Gasteiger partial charge on any atom is -0.482 e. The SMILES string of the molecule is Cc1cc(Cl)ccc1OCC(=O)OCC(=O)N1CCCCC1. The number of hydrogen-bond donors (Lipinski definition) is 0. The number of rotatable bonds is 5. The summed E-state index contributed by atoms with van der Waals surface area (Å²) in [5.41, 5.74) is 0.838. The number of nitrogens with zero attached hydrogens (tertiary/aromatic N) is 1. The smallest absolute Gasteiger partial charge is 0.344 e. The minimum atomic E-state index is -0.556. The molecule has 1 saturated heterocycles. The molecule has 1 aliphatic rings. The van der Waals surface area contributed by atoms with Gasteiger partial charge in [-0.1, -0.05) is 11.6 Å². The summed E-state index contributed by atoms with van der Waals surface area (Å²) in [7, 11) is 0. The zero-order chi connectivity index (χ0) is 15.9. The van der Waals surface area contributed by atoms with E-state index in [0.717, 1.165) is 37.9 Å². The number of hydrogen-bond acceptors (Lipinski definition) is 4. The van der Waals surface area contributed by atoms with Gasteiger partial charge in [0.1, 0.15) is 5.75 Å². The molecule has 1 heterocycles. The summed E-state index contributed by atoms with van der Waals surface area (Å²) in [6, 6.07) is 5.14. The van der Waals surface area contributed by atoms with Crippen molar-refractivity contribution in [3.8, 4) is 5.75 Å². The minimum absolute atomic E-state index is 0.143. The van der Waals surface area contributed by atoms with Crippen LogP contribution >= 0.6 is 11.6 Å². The van der Waals surface area contributed by atoms with Gasteiger partial charge in [0.05, 0.1) is 0 Å². The van der Waals surface area contributed by atoms with Crippen LogP contribution < -0.4 is 4.74 Å². The number of amides is 1. The standard InChI is InChI=1S/C16H20ClNO4/c1-12-9-13(17)5-6-14(12)21-11-16(20)22-10-15(19)18-7-3-2-4-8-18/h5-6,9H,2-4,7-8,10-11H2,1H3. The molecular weight excluding hydrogens is 306 g/mol. The van der Waals surface area contributed by atoms with Crippen molar-refractivity contribution in [1.29, 1.82) is 0 Å². The van der Waals surface area contributed by atoms with E-state index in [0.29, 0.717) is 10.8 Å². The van der Waals surface area contributed by atoms with Crippen LogP contribution in [0.1, 0.15) is 24.8 Å². The fraction of sp³-hybridized carbons (Fsp3) is 0.500. The molecule has 0 N–H and O–H groups in total. The summed E-state index contributed by atoms with van der Waals surface area (Å²) >= 11 is 5.85. The van der Waals surface area contributed by atoms with E-state index in [2.05, 4.69) is 0 Å². The lowest BCUT2D eigenvalue weighted by atomic mass is 10.1. The largest absolute Gasteiger partial charge is 0.482 e. The second-order valence-electron chi connectivity index (χ2n) is 5.30. The normalized spacial score (nSPS) is 14.5. The molecule has 1 aromatic rings. The Kier molecular flexibility index (Phi) is 6.07. The van der Waals surface area contributed by atoms with E-state index < -0.39 is 5.97 Å². The van der Waals surface area contributed by atoms with Crippen LogP contribution in [0, 0.1) is 6.92 Å². The molecule has 1 aromatic carbocycles. The van der Waals surface area contributed by atoms with Crippen LogP contribution in [0.15, 0.2) is 18.2 Å². The van der Waals surface area contributed by atoms with E-state index in [1.807, 2.05) is 6.92 Å². The summed E-state index contributed by atoms with van der Waals surface area (Å²) < 4.78 is 10.3. The van der Waals surface area contributed by atoms with Crippen molar-refractivity contribution in [1.82, 2.24) is 4.90 Å². The molecule has 120 valence electrons. The van der Waals surface area contributed by atoms with Crippen molar-refractivity contribution in [3.63, 3.8) is 0 Å². The Labute approximate surface area is 135 Å². The lowest BCUT2D eigenvalue weighted by Crippen LogP contribution is -2.38. The molecule has 1 aliphatic heterocycles. The van der Waals surface area contributed by atoms with Crippen molar-refractivity contribution < 1.29 is 19.1 Å². The number of likely N-dealkylation sites (tertiary alicyclic amines) is 1. The highest BCUT2D eigenvalue weighted by molar-refractivity contribution is 6.30. The predicted octanol–water partition coefficient (Wildman–Crippen LogP) is 2.58. The van der Waals surface area contributed by atoms with Crippen molar-refractivity contribution in [2.45, 2.75) is 26.2 Å². The fourth-order valence-electron chi connectivity index (χ4n) is 2.33. The van der Waals surface area contributed by atoms with Crippen molar-refractivity contribution in [2.75, 3.05) is 26.3 Å². The zero-order valence-corrected chi connectivity index (χ0v) is 13.4. The Bertz CT molecular complexity index is 541. The highest BCUT2D eigenvalue weighted by atomic mass is 35.5. The lowest BCUT2D eigenvalue weighted by molar-refractivity contribution is -0.154. The molecule has 0 unspecified atom stereocenters. The molecule has 2 rings (SSSR count). The molecular formula is C16H20ClNO4. The van der Waals surface area contributed by atoms with E-state index in [9.17, 15) is 9.59 Å². The van der Waals surface area contributed by atoms with Crippen molar-refractivity contribution >= 4 is 23.5 Å². The first-order valence-corrected chi connectivity index (χ1v) is 7.76. The van der Waals surface area contributed by atoms with Gasteiger partial charge in [0.2, 0.25) is 0 Å². The molecule has 0 saturated carbocycles. The summed E-state index contributed by atoms with van der Waals surface area (Å²) in [5.74, 6) is -0.126. The van der Waals surface area contributed by atoms with Gasteiger partial charge in [-0.2, -0.15) is 0 Å². The van der Waals surface area contributed by atoms with E-state index in [-0.39, 0.29) is 19.1 Å². The van der Waals surface area contributed by atoms with Gasteiger partial charge in [0.15, 0.2) is 13.2 Å². The van der Waals surface area contributed by atoms with Gasteiger partial charge in [0.25, 0.3) is 5.91 Å². The summed E-state index contributed by atoms with van der Waals surface area (Å²) in [4.78, 5) is 25.2. The monoisotopic (exact) mass is 325 g/mol. The topological polar surface area (TPSA) is 55.8 Å². The van der Waals surface area contributed by atoms with Crippen LogP contribution in [0.3, 0.4) is 0 Å². The molecule has 0 spiro atoms. The first kappa shape index (κ1) is 16.6. The van der Waals surface area contributed by atoms with Crippen LogP contribution in [0.5, 0.6) is 5.75 Å². The first-order valence-electron chi connectivity index (χ1n) is 7.38. The molecule has 0 aliphatic carbocycles. The number of ether oxygens (including phenoxy) is 2. The number of carbonyl (C=O) groups is 2. The average Bonchev–Trinajstić information content (AvgIpc) is 2.52. The van der Waals surface area contributed by atoms with Gasteiger partial charge in [-0.25, -0.2) is 4.79 Å². The van der Waals surface area contributed by atoms with Gasteiger partial charge >= 0.3 is 5.97 Å². The van der Waals surface area contributed by atoms with Crippen LogP contribution in [0.2, 0.25) is 5.02 Å². The maximum absolute atomic E-state index is 11.9. The maximum Gasteiger partial charge on any atom is 0.344 e. The molecule has 22 heavy (non-hydrogen) atoms. The van der Waals surface area contributed by atoms with Crippen LogP contribution in [-0.4, -0.2) is 43.1 Å². The average molecular weight is 326 g/mol. The van der Waals surface area contributed by atoms with Crippen molar-refractivity contribution in [2.24, 2.45) is 0 Å². The van der Waals surface area contributed by atoms with Gasteiger partial charge in [0, 0.05) is 18.1 Å². The predicted molar refractivity (Wildman–Crippen MR) is 83.1 cm³/mol. The second kappa shape index (κ2) is 8.03. The number of benzene rings is 1. The van der Waals surface area contributed by atoms with Crippen LogP contribution in [-0.2, 0) is 14.3 Å². The molecule has 6 heteroatoms. The molecule has 0 bridgehead atoms. The number of aryl methyl sites for hydroxylation is 1. The zero-order valence-electron chi connectivity index (χ0n) is 12.6. The van der Waals surface area contributed by atoms with Gasteiger partial charge < -0.3 is 14.4 Å². The third-order valence-corrected chi connectivity index (χ3v) is 3.78. The van der Waals surface area contributed by atoms with E-state index in [1.165, 1.54) is 0 Å². The van der Waals surface area contributed by atoms with Crippen LogP contribution in [0.4, 0.5) is 0 Å². The Morgan fingerprint density at radius 1 is 1.18 bits per heavy atom. The highest BCUT2D eigenvalue weighted by Crippen LogP contribution is 2.21. The molecule has 1 amide bonds. The lowest BCUT2D eigenvalue weighted by Gasteiger charge is -2.26. The van der Waals surface area contributed by atoms with Gasteiger partial charge in [-0.15, -0.1) is 0 Å². The third-order valence-electron chi connectivity index (χ3n) is 3.55. The Hall–Kier alpha value is -1.75. The molecule has 0 radical (unpaired) electrons. The third kappa shape index (κ3) is 4.91. The summed E-state index contributed by atoms with van der Waals surface area (Å²) in [6.45, 7) is 2.89. The second-order valence-corrected chi connectivity index (χ2v) is 5.74. The molecule has 0 aromatic heterocycles. The van der Waals surface area contributed by atoms with E-state index in [1.54, 1.807) is 23.1 Å². The van der Waals surface area contributed by atoms with Gasteiger partial charge in [-0.3, -0.25) is 4.79 Å². The van der Waals surface area contributed by atoms with Gasteiger partial charge in [-0.05, 0) is 49.9 Å². The summed E-state index contributed by atoms with van der Waals surface area (Å²) in [6.07, 6.45) is 3.18. The number of esters is 1. The molecule has 0 atom stereocenters. The fourth-order valence-corrected chi connectivity index (χ4v) is 2.56. The van der Waals surface area contributed by atoms with Crippen LogP contribution in [0.25, 0.3) is 0 Å². The van der Waals surface area contributed by atoms with Crippen molar-refractivity contribution in [3.05, 3.63) is 28.8 Å². The Morgan fingerprint density at radius 2 is 1.91 bits per heavy atom. The first-order chi connectivity index (χ1) is 10.6.